The van der Waals surface area contributed by atoms with Crippen molar-refractivity contribution in [3.8, 4) is 0 Å². The van der Waals surface area contributed by atoms with E-state index < -0.39 is 0 Å². The van der Waals surface area contributed by atoms with E-state index in [4.69, 9.17) is 15.7 Å². The Balaban J connectivity index is 2.40. The van der Waals surface area contributed by atoms with E-state index >= 15 is 0 Å². The SMILES string of the molecule is CC1(C)CN(c2cc(Br)ccc2/C(N)=N/O)CCO1. The number of anilines is 1. The minimum absolute atomic E-state index is 0.117. The monoisotopic (exact) mass is 327 g/mol. The van der Waals surface area contributed by atoms with Crippen LogP contribution in [0.1, 0.15) is 19.4 Å². The van der Waals surface area contributed by atoms with Crippen LogP contribution in [0.3, 0.4) is 0 Å². The minimum atomic E-state index is -0.205. The number of nitrogens with zero attached hydrogens (tertiary/aromatic N) is 2. The molecule has 19 heavy (non-hydrogen) atoms. The minimum Gasteiger partial charge on any atom is -0.409 e. The molecule has 1 aliphatic heterocycles. The van der Waals surface area contributed by atoms with Crippen LogP contribution in [0.4, 0.5) is 5.69 Å². The van der Waals surface area contributed by atoms with E-state index in [0.717, 1.165) is 28.8 Å². The van der Waals surface area contributed by atoms with Gasteiger partial charge in [-0.15, -0.1) is 0 Å². The lowest BCUT2D eigenvalue weighted by Crippen LogP contribution is -2.48. The van der Waals surface area contributed by atoms with Gasteiger partial charge in [-0.1, -0.05) is 21.1 Å². The highest BCUT2D eigenvalue weighted by Crippen LogP contribution is 2.29. The van der Waals surface area contributed by atoms with E-state index in [1.54, 1.807) is 0 Å². The molecule has 0 aliphatic carbocycles. The van der Waals surface area contributed by atoms with Gasteiger partial charge in [-0.2, -0.15) is 0 Å². The van der Waals surface area contributed by atoms with E-state index in [0.29, 0.717) is 6.61 Å². The summed E-state index contributed by atoms with van der Waals surface area (Å²) in [5.74, 6) is 0.117. The van der Waals surface area contributed by atoms with E-state index in [1.807, 2.05) is 18.2 Å². The molecular formula is C13H18BrN3O2. The van der Waals surface area contributed by atoms with E-state index in [2.05, 4.69) is 39.8 Å². The quantitative estimate of drug-likeness (QED) is 0.378. The summed E-state index contributed by atoms with van der Waals surface area (Å²) in [5, 5.41) is 12.0. The molecule has 0 radical (unpaired) electrons. The normalized spacial score (nSPS) is 19.5. The summed E-state index contributed by atoms with van der Waals surface area (Å²) in [6.45, 7) is 6.32. The maximum atomic E-state index is 8.89. The highest BCUT2D eigenvalue weighted by Gasteiger charge is 2.28. The Morgan fingerprint density at radius 3 is 2.89 bits per heavy atom. The summed E-state index contributed by atoms with van der Waals surface area (Å²) in [6, 6.07) is 5.70. The van der Waals surface area contributed by atoms with Crippen LogP contribution < -0.4 is 10.6 Å². The number of nitrogens with two attached hydrogens (primary N) is 1. The van der Waals surface area contributed by atoms with Crippen LogP contribution in [0.15, 0.2) is 27.8 Å². The van der Waals surface area contributed by atoms with Gasteiger partial charge in [0.15, 0.2) is 5.84 Å². The van der Waals surface area contributed by atoms with Crippen molar-refractivity contribution in [1.82, 2.24) is 0 Å². The summed E-state index contributed by atoms with van der Waals surface area (Å²) >= 11 is 3.46. The van der Waals surface area contributed by atoms with Crippen molar-refractivity contribution in [2.75, 3.05) is 24.6 Å². The van der Waals surface area contributed by atoms with Gasteiger partial charge in [0.2, 0.25) is 0 Å². The summed E-state index contributed by atoms with van der Waals surface area (Å²) in [5.41, 5.74) is 7.21. The Morgan fingerprint density at radius 1 is 1.53 bits per heavy atom. The molecule has 0 aromatic heterocycles. The molecule has 3 N–H and O–H groups in total. The van der Waals surface area contributed by atoms with Crippen LogP contribution in [-0.4, -0.2) is 36.3 Å². The lowest BCUT2D eigenvalue weighted by molar-refractivity contribution is -0.0277. The maximum Gasteiger partial charge on any atom is 0.172 e. The standard InChI is InChI=1S/C13H18BrN3O2/c1-13(2)8-17(5-6-19-13)11-7-9(14)3-4-10(11)12(15)16-18/h3-4,7,18H,5-6,8H2,1-2H3,(H2,15,16). The number of oxime groups is 1. The third kappa shape index (κ3) is 3.19. The second kappa shape index (κ2) is 5.38. The number of hydrogen-bond donors (Lipinski definition) is 2. The molecule has 2 rings (SSSR count). The predicted molar refractivity (Wildman–Crippen MR) is 78.9 cm³/mol. The van der Waals surface area contributed by atoms with Gasteiger partial charge in [0.1, 0.15) is 0 Å². The van der Waals surface area contributed by atoms with Crippen LogP contribution >= 0.6 is 15.9 Å². The van der Waals surface area contributed by atoms with Crippen molar-refractivity contribution in [2.45, 2.75) is 19.4 Å². The van der Waals surface area contributed by atoms with Crippen molar-refractivity contribution in [3.05, 3.63) is 28.2 Å². The number of benzene rings is 1. The van der Waals surface area contributed by atoms with Crippen molar-refractivity contribution in [1.29, 1.82) is 0 Å². The fourth-order valence-electron chi connectivity index (χ4n) is 2.26. The van der Waals surface area contributed by atoms with Gasteiger partial charge in [-0.05, 0) is 32.0 Å². The molecule has 1 fully saturated rings. The van der Waals surface area contributed by atoms with Gasteiger partial charge >= 0.3 is 0 Å². The molecule has 1 saturated heterocycles. The highest BCUT2D eigenvalue weighted by molar-refractivity contribution is 9.10. The second-order valence-electron chi connectivity index (χ2n) is 5.18. The molecule has 6 heteroatoms. The fourth-order valence-corrected chi connectivity index (χ4v) is 2.61. The third-order valence-electron chi connectivity index (χ3n) is 3.11. The van der Waals surface area contributed by atoms with Gasteiger partial charge in [-0.25, -0.2) is 0 Å². The fraction of sp³-hybridized carbons (Fsp3) is 0.462. The molecule has 1 aromatic carbocycles. The average molecular weight is 328 g/mol. The Labute approximate surface area is 121 Å². The topological polar surface area (TPSA) is 71.1 Å². The van der Waals surface area contributed by atoms with Crippen molar-refractivity contribution < 1.29 is 9.94 Å². The van der Waals surface area contributed by atoms with Crippen molar-refractivity contribution >= 4 is 27.5 Å². The molecule has 1 aliphatic rings. The van der Waals surface area contributed by atoms with E-state index in [-0.39, 0.29) is 11.4 Å². The Morgan fingerprint density at radius 2 is 2.26 bits per heavy atom. The van der Waals surface area contributed by atoms with E-state index in [1.165, 1.54) is 0 Å². The van der Waals surface area contributed by atoms with Gasteiger partial charge < -0.3 is 20.6 Å². The summed E-state index contributed by atoms with van der Waals surface area (Å²) in [7, 11) is 0. The van der Waals surface area contributed by atoms with Gasteiger partial charge in [-0.3, -0.25) is 0 Å². The molecule has 104 valence electrons. The van der Waals surface area contributed by atoms with Gasteiger partial charge in [0.05, 0.1) is 12.2 Å². The first-order valence-electron chi connectivity index (χ1n) is 6.09. The molecular weight excluding hydrogens is 310 g/mol. The van der Waals surface area contributed by atoms with Crippen molar-refractivity contribution in [3.63, 3.8) is 0 Å². The van der Waals surface area contributed by atoms with Crippen LogP contribution in [0, 0.1) is 0 Å². The zero-order chi connectivity index (χ0) is 14.0. The second-order valence-corrected chi connectivity index (χ2v) is 6.09. The lowest BCUT2D eigenvalue weighted by Gasteiger charge is -2.40. The number of morpholine rings is 1. The molecule has 0 bridgehead atoms. The summed E-state index contributed by atoms with van der Waals surface area (Å²) < 4.78 is 6.67. The largest absolute Gasteiger partial charge is 0.409 e. The predicted octanol–water partition coefficient (Wildman–Crippen LogP) is 2.16. The zero-order valence-electron chi connectivity index (χ0n) is 11.1. The number of halogens is 1. The number of amidine groups is 1. The molecule has 0 saturated carbocycles. The Kier molecular flexibility index (Phi) is 4.01. The molecule has 0 amide bonds. The van der Waals surface area contributed by atoms with Crippen molar-refractivity contribution in [2.24, 2.45) is 10.9 Å². The van der Waals surface area contributed by atoms with Crippen LogP contribution in [0.25, 0.3) is 0 Å². The van der Waals surface area contributed by atoms with Gasteiger partial charge in [0.25, 0.3) is 0 Å². The molecule has 5 nitrogen and oxygen atoms in total. The number of ether oxygens (including phenoxy) is 1. The molecule has 0 atom stereocenters. The lowest BCUT2D eigenvalue weighted by atomic mass is 10.0. The smallest absolute Gasteiger partial charge is 0.172 e. The average Bonchev–Trinajstić information content (AvgIpc) is 2.36. The number of rotatable bonds is 2. The summed E-state index contributed by atoms with van der Waals surface area (Å²) in [6.07, 6.45) is 0. The summed E-state index contributed by atoms with van der Waals surface area (Å²) in [4.78, 5) is 2.20. The Hall–Kier alpha value is -1.27. The molecule has 0 unspecified atom stereocenters. The first-order valence-corrected chi connectivity index (χ1v) is 6.88. The number of hydrogen-bond acceptors (Lipinski definition) is 4. The van der Waals surface area contributed by atoms with Crippen LogP contribution in [0.5, 0.6) is 0 Å². The zero-order valence-corrected chi connectivity index (χ0v) is 12.6. The molecule has 0 spiro atoms. The highest BCUT2D eigenvalue weighted by atomic mass is 79.9. The van der Waals surface area contributed by atoms with Crippen LogP contribution in [0.2, 0.25) is 0 Å². The van der Waals surface area contributed by atoms with Crippen LogP contribution in [-0.2, 0) is 4.74 Å². The molecule has 1 heterocycles. The van der Waals surface area contributed by atoms with Gasteiger partial charge in [0, 0.05) is 28.8 Å². The first-order chi connectivity index (χ1) is 8.93. The molecule has 1 aromatic rings. The first kappa shape index (κ1) is 14.1. The third-order valence-corrected chi connectivity index (χ3v) is 3.60. The maximum absolute atomic E-state index is 8.89. The Bertz CT molecular complexity index is 503. The van der Waals surface area contributed by atoms with E-state index in [9.17, 15) is 0 Å².